The van der Waals surface area contributed by atoms with E-state index in [4.69, 9.17) is 5.73 Å². The lowest BCUT2D eigenvalue weighted by molar-refractivity contribution is -0.157. The Kier molecular flexibility index (Phi) is 5.69. The number of rotatable bonds is 7. The second-order valence-electron chi connectivity index (χ2n) is 6.60. The van der Waals surface area contributed by atoms with Crippen LogP contribution in [0.25, 0.3) is 0 Å². The number of nitrogens with two attached hydrogens (primary N) is 1. The monoisotopic (exact) mass is 486 g/mol. The molecular weight excluding hydrogens is 472 g/mol. The van der Waals surface area contributed by atoms with Gasteiger partial charge >= 0.3 is 5.97 Å². The van der Waals surface area contributed by atoms with Crippen LogP contribution in [0.2, 0.25) is 0 Å². The number of nitrogens with one attached hydrogen (secondary N) is 1. The van der Waals surface area contributed by atoms with Crippen LogP contribution in [-0.2, 0) is 14.4 Å². The number of hydrogen-bond acceptors (Lipinski definition) is 12. The lowest BCUT2D eigenvalue weighted by atomic mass is 9.89. The van der Waals surface area contributed by atoms with E-state index >= 15 is 0 Å². The number of aliphatic carboxylic acids is 1. The maximum Gasteiger partial charge on any atom is 0.313 e. The molecule has 11 nitrogen and oxygen atoms in total. The van der Waals surface area contributed by atoms with E-state index in [1.807, 2.05) is 0 Å². The number of β-lactam (4-membered cyclic amide) rings is 1. The number of nitrogens with zero attached hydrogens (tertiary/aromatic N) is 4. The van der Waals surface area contributed by atoms with Crippen molar-refractivity contribution in [2.45, 2.75) is 15.8 Å². The second kappa shape index (κ2) is 8.13. The molecule has 2 aromatic rings. The van der Waals surface area contributed by atoms with Gasteiger partial charge in [0.25, 0.3) is 11.7 Å². The SMILES string of the molecule is Nc1nc(C(=O)C(=O)NC2C(=O)N3CC(CSc4nncs4)(C(=O)O)CS[C@H]23)cs1. The molecule has 0 radical (unpaired) electrons. The molecule has 4 N–H and O–H groups in total. The molecule has 2 saturated heterocycles. The zero-order valence-electron chi connectivity index (χ0n) is 15.0. The molecule has 3 atom stereocenters. The van der Waals surface area contributed by atoms with Crippen LogP contribution in [0, 0.1) is 5.41 Å². The van der Waals surface area contributed by atoms with Crippen LogP contribution in [0.3, 0.4) is 0 Å². The van der Waals surface area contributed by atoms with E-state index in [9.17, 15) is 24.3 Å². The third-order valence-corrected chi connectivity index (χ3v) is 9.07. The van der Waals surface area contributed by atoms with E-state index in [0.29, 0.717) is 4.34 Å². The molecule has 0 saturated carbocycles. The topological polar surface area (TPSA) is 168 Å². The van der Waals surface area contributed by atoms with Gasteiger partial charge in [0.15, 0.2) is 9.47 Å². The summed E-state index contributed by atoms with van der Waals surface area (Å²) in [6.45, 7) is 0.0214. The molecule has 0 aliphatic carbocycles. The minimum absolute atomic E-state index is 0.0214. The Morgan fingerprint density at radius 1 is 1.40 bits per heavy atom. The molecule has 0 aromatic carbocycles. The minimum atomic E-state index is -1.14. The molecule has 0 bridgehead atoms. The van der Waals surface area contributed by atoms with Crippen LogP contribution in [0.5, 0.6) is 0 Å². The average Bonchev–Trinajstić information content (AvgIpc) is 3.41. The number of amides is 2. The highest BCUT2D eigenvalue weighted by atomic mass is 32.2. The number of thioether (sulfide) groups is 2. The third kappa shape index (κ3) is 3.77. The highest BCUT2D eigenvalue weighted by molar-refractivity contribution is 8.01. The molecule has 2 aliphatic heterocycles. The number of carbonyl (C=O) groups excluding carboxylic acids is 3. The number of carboxylic acids is 1. The predicted octanol–water partition coefficient (Wildman–Crippen LogP) is 0.0227. The summed E-state index contributed by atoms with van der Waals surface area (Å²) in [7, 11) is 0. The Morgan fingerprint density at radius 2 is 2.20 bits per heavy atom. The summed E-state index contributed by atoms with van der Waals surface area (Å²) >= 11 is 4.91. The van der Waals surface area contributed by atoms with E-state index in [0.717, 1.165) is 11.3 Å². The molecular formula is C15H14N6O5S4. The highest BCUT2D eigenvalue weighted by Gasteiger charge is 2.57. The summed E-state index contributed by atoms with van der Waals surface area (Å²) in [5, 5.41) is 21.0. The number of fused-ring (bicyclic) bond motifs is 1. The smallest absolute Gasteiger partial charge is 0.313 e. The van der Waals surface area contributed by atoms with Crippen molar-refractivity contribution in [3.8, 4) is 0 Å². The maximum atomic E-state index is 12.6. The lowest BCUT2D eigenvalue weighted by Crippen LogP contribution is -2.74. The first-order valence-corrected chi connectivity index (χ1v) is 12.2. The second-order valence-corrected chi connectivity index (χ2v) is 10.6. The molecule has 30 heavy (non-hydrogen) atoms. The number of Topliss-reactive ketones (excluding diaryl/α,β-unsaturated/α-hetero) is 1. The van der Waals surface area contributed by atoms with Gasteiger partial charge in [-0.2, -0.15) is 0 Å². The fourth-order valence-corrected chi connectivity index (χ4v) is 6.94. The molecule has 158 valence electrons. The Hall–Kier alpha value is -2.23. The molecule has 4 rings (SSSR count). The maximum absolute atomic E-state index is 12.6. The number of carbonyl (C=O) groups is 4. The van der Waals surface area contributed by atoms with Crippen molar-refractivity contribution in [2.75, 3.05) is 23.8 Å². The van der Waals surface area contributed by atoms with E-state index in [-0.39, 0.29) is 28.9 Å². The van der Waals surface area contributed by atoms with E-state index < -0.39 is 40.4 Å². The third-order valence-electron chi connectivity index (χ3n) is 4.66. The van der Waals surface area contributed by atoms with Crippen molar-refractivity contribution < 1.29 is 24.3 Å². The van der Waals surface area contributed by atoms with Crippen molar-refractivity contribution in [1.82, 2.24) is 25.4 Å². The van der Waals surface area contributed by atoms with Crippen molar-refractivity contribution in [2.24, 2.45) is 5.41 Å². The predicted molar refractivity (Wildman–Crippen MR) is 111 cm³/mol. The first-order chi connectivity index (χ1) is 14.3. The number of carboxylic acid groups (broad SMARTS) is 1. The van der Waals surface area contributed by atoms with Gasteiger partial charge in [-0.05, 0) is 0 Å². The van der Waals surface area contributed by atoms with Crippen molar-refractivity contribution in [1.29, 1.82) is 0 Å². The van der Waals surface area contributed by atoms with Gasteiger partial charge in [-0.25, -0.2) is 4.98 Å². The largest absolute Gasteiger partial charge is 0.481 e. The van der Waals surface area contributed by atoms with Crippen LogP contribution < -0.4 is 11.1 Å². The number of hydrogen-bond donors (Lipinski definition) is 3. The zero-order valence-corrected chi connectivity index (χ0v) is 18.3. The van der Waals surface area contributed by atoms with Crippen LogP contribution in [0.4, 0.5) is 5.13 Å². The molecule has 2 aliphatic rings. The highest BCUT2D eigenvalue weighted by Crippen LogP contribution is 2.44. The van der Waals surface area contributed by atoms with Gasteiger partial charge in [0.1, 0.15) is 28.0 Å². The molecule has 4 heterocycles. The first-order valence-electron chi connectivity index (χ1n) is 8.41. The summed E-state index contributed by atoms with van der Waals surface area (Å²) in [4.78, 5) is 54.1. The molecule has 2 amide bonds. The van der Waals surface area contributed by atoms with Gasteiger partial charge < -0.3 is 21.1 Å². The Bertz CT molecular complexity index is 1010. The quantitative estimate of drug-likeness (QED) is 0.209. The summed E-state index contributed by atoms with van der Waals surface area (Å²) in [6, 6.07) is -0.884. The molecule has 2 fully saturated rings. The van der Waals surface area contributed by atoms with Crippen LogP contribution >= 0.6 is 46.2 Å². The van der Waals surface area contributed by atoms with Gasteiger partial charge in [-0.15, -0.1) is 33.3 Å². The van der Waals surface area contributed by atoms with E-state index in [1.165, 1.54) is 45.1 Å². The Morgan fingerprint density at radius 3 is 2.83 bits per heavy atom. The summed E-state index contributed by atoms with van der Waals surface area (Å²) in [6.07, 6.45) is 0. The molecule has 0 spiro atoms. The number of thiazole rings is 1. The van der Waals surface area contributed by atoms with Crippen molar-refractivity contribution in [3.63, 3.8) is 0 Å². The van der Waals surface area contributed by atoms with Gasteiger partial charge in [0.05, 0.1) is 0 Å². The number of ketones is 1. The number of aromatic nitrogens is 3. The van der Waals surface area contributed by atoms with Crippen LogP contribution in [0.15, 0.2) is 15.2 Å². The standard InChI is InChI=1S/C15H14N6O5S4/c16-13-18-6(1-27-13)8(22)9(23)19-7-10(24)21-2-15(12(25)26,3-28-11(7)21)4-29-14-20-17-5-30-14/h1,5,7,11H,2-4H2,(H2,16,18)(H,19,23)(H,25,26)/t7?,11-,15?/m1/s1. The zero-order chi connectivity index (χ0) is 21.5. The first kappa shape index (κ1) is 21.0. The van der Waals surface area contributed by atoms with Gasteiger partial charge in [0, 0.05) is 23.4 Å². The average molecular weight is 487 g/mol. The normalized spacial score (nSPS) is 25.3. The minimum Gasteiger partial charge on any atom is -0.481 e. The van der Waals surface area contributed by atoms with Crippen LogP contribution in [-0.4, -0.2) is 78.2 Å². The number of anilines is 1. The van der Waals surface area contributed by atoms with Gasteiger partial charge in [-0.3, -0.25) is 19.2 Å². The lowest BCUT2D eigenvalue weighted by Gasteiger charge is -2.53. The van der Waals surface area contributed by atoms with Crippen LogP contribution in [0.1, 0.15) is 10.5 Å². The van der Waals surface area contributed by atoms with Gasteiger partial charge in [-0.1, -0.05) is 23.1 Å². The van der Waals surface area contributed by atoms with E-state index in [2.05, 4.69) is 20.5 Å². The van der Waals surface area contributed by atoms with Gasteiger partial charge in [0.2, 0.25) is 5.91 Å². The summed E-state index contributed by atoms with van der Waals surface area (Å²) in [5.74, 6) is -2.74. The fourth-order valence-electron chi connectivity index (χ4n) is 3.05. The Balaban J connectivity index is 1.39. The summed E-state index contributed by atoms with van der Waals surface area (Å²) in [5.41, 5.74) is 5.82. The van der Waals surface area contributed by atoms with Crippen molar-refractivity contribution in [3.05, 3.63) is 16.6 Å². The molecule has 15 heteroatoms. The summed E-state index contributed by atoms with van der Waals surface area (Å²) < 4.78 is 0.656. The Labute approximate surface area is 185 Å². The molecule has 2 unspecified atom stereocenters. The van der Waals surface area contributed by atoms with E-state index in [1.54, 1.807) is 5.51 Å². The molecule has 2 aromatic heterocycles. The fraction of sp³-hybridized carbons (Fsp3) is 0.400. The van der Waals surface area contributed by atoms with Crippen molar-refractivity contribution >= 4 is 74.9 Å². The number of nitrogen functional groups attached to an aromatic ring is 1.